The molecule has 2 heterocycles. The zero-order chi connectivity index (χ0) is 32.0. The van der Waals surface area contributed by atoms with Gasteiger partial charge in [-0.25, -0.2) is 4.79 Å². The summed E-state index contributed by atoms with van der Waals surface area (Å²) in [6.07, 6.45) is 6.21. The van der Waals surface area contributed by atoms with Gasteiger partial charge in [-0.15, -0.1) is 0 Å². The Kier molecular flexibility index (Phi) is 8.16. The number of hydrogen-bond acceptors (Lipinski definition) is 8. The first-order valence-electron chi connectivity index (χ1n) is 17.4. The number of carbonyl (C=O) groups excluding carboxylic acids is 2. The Hall–Kier alpha value is -1.48. The third-order valence-electron chi connectivity index (χ3n) is 14.4. The lowest BCUT2D eigenvalue weighted by Gasteiger charge is -2.70. The van der Waals surface area contributed by atoms with Crippen molar-refractivity contribution in [3.05, 3.63) is 11.6 Å². The van der Waals surface area contributed by atoms with Crippen LogP contribution in [0.5, 0.6) is 0 Å². The van der Waals surface area contributed by atoms with Crippen LogP contribution in [-0.2, 0) is 28.5 Å². The Morgan fingerprint density at radius 1 is 1.07 bits per heavy atom. The highest BCUT2D eigenvalue weighted by atomic mass is 16.7. The quantitative estimate of drug-likeness (QED) is 0.305. The van der Waals surface area contributed by atoms with Crippen LogP contribution in [0.1, 0.15) is 107 Å². The number of ether oxygens (including phenoxy) is 4. The van der Waals surface area contributed by atoms with E-state index < -0.39 is 23.6 Å². The first-order chi connectivity index (χ1) is 20.6. The van der Waals surface area contributed by atoms with E-state index in [2.05, 4.69) is 41.5 Å². The summed E-state index contributed by atoms with van der Waals surface area (Å²) in [7, 11) is 0. The van der Waals surface area contributed by atoms with Crippen molar-refractivity contribution < 1.29 is 38.7 Å². The maximum Gasteiger partial charge on any atom is 0.331 e. The molecule has 0 radical (unpaired) electrons. The zero-order valence-corrected chi connectivity index (χ0v) is 28.1. The molecule has 6 rings (SSSR count). The summed E-state index contributed by atoms with van der Waals surface area (Å²) in [6.45, 7) is 17.1. The van der Waals surface area contributed by atoms with Crippen molar-refractivity contribution in [3.63, 3.8) is 0 Å². The molecule has 15 atom stereocenters. The van der Waals surface area contributed by atoms with Crippen molar-refractivity contribution in [1.29, 1.82) is 0 Å². The van der Waals surface area contributed by atoms with Crippen LogP contribution in [0, 0.1) is 52.3 Å². The zero-order valence-electron chi connectivity index (χ0n) is 28.1. The second-order valence-electron chi connectivity index (χ2n) is 16.1. The summed E-state index contributed by atoms with van der Waals surface area (Å²) in [5.41, 5.74) is -1.44. The number of carbonyl (C=O) groups is 2. The van der Waals surface area contributed by atoms with E-state index in [4.69, 9.17) is 18.9 Å². The van der Waals surface area contributed by atoms with Crippen LogP contribution in [0.15, 0.2) is 11.6 Å². The fraction of sp³-hybridized carbons (Fsp3) is 0.889. The van der Waals surface area contributed by atoms with Crippen molar-refractivity contribution in [3.8, 4) is 0 Å². The third kappa shape index (κ3) is 4.51. The lowest BCUT2D eigenvalue weighted by molar-refractivity contribution is -0.321. The molecule has 5 fully saturated rings. The second-order valence-corrected chi connectivity index (χ2v) is 16.1. The first-order valence-corrected chi connectivity index (χ1v) is 17.4. The van der Waals surface area contributed by atoms with Crippen LogP contribution in [0.4, 0.5) is 0 Å². The molecule has 2 N–H and O–H groups in total. The maximum absolute atomic E-state index is 12.8. The van der Waals surface area contributed by atoms with E-state index in [9.17, 15) is 19.8 Å². The Morgan fingerprint density at radius 2 is 1.80 bits per heavy atom. The molecule has 4 saturated carbocycles. The Balaban J connectivity index is 1.28. The van der Waals surface area contributed by atoms with Crippen LogP contribution >= 0.6 is 0 Å². The van der Waals surface area contributed by atoms with Crippen molar-refractivity contribution in [2.45, 2.75) is 143 Å². The van der Waals surface area contributed by atoms with E-state index >= 15 is 0 Å². The van der Waals surface area contributed by atoms with Crippen molar-refractivity contribution in [1.82, 2.24) is 0 Å². The lowest BCUT2D eigenvalue weighted by atomic mass is 9.37. The Labute approximate surface area is 263 Å². The normalized spacial score (nSPS) is 53.6. The van der Waals surface area contributed by atoms with Crippen LogP contribution in [0.3, 0.4) is 0 Å². The lowest BCUT2D eigenvalue weighted by Crippen LogP contribution is -2.72. The van der Waals surface area contributed by atoms with Crippen molar-refractivity contribution in [2.75, 3.05) is 6.61 Å². The van der Waals surface area contributed by atoms with Gasteiger partial charge in [-0.3, -0.25) is 4.79 Å². The van der Waals surface area contributed by atoms with Crippen molar-refractivity contribution in [2.24, 2.45) is 52.3 Å². The summed E-state index contributed by atoms with van der Waals surface area (Å²) < 4.78 is 24.1. The second kappa shape index (κ2) is 11.1. The first kappa shape index (κ1) is 32.5. The van der Waals surface area contributed by atoms with E-state index in [1.807, 2.05) is 6.92 Å². The number of rotatable bonds is 5. The molecule has 8 heteroatoms. The van der Waals surface area contributed by atoms with Gasteiger partial charge in [-0.1, -0.05) is 41.5 Å². The molecule has 248 valence electrons. The molecule has 0 bridgehead atoms. The third-order valence-corrected chi connectivity index (χ3v) is 14.4. The van der Waals surface area contributed by atoms with E-state index in [0.717, 1.165) is 44.1 Å². The highest BCUT2D eigenvalue weighted by Gasteiger charge is 2.73. The molecule has 4 aliphatic carbocycles. The van der Waals surface area contributed by atoms with Gasteiger partial charge in [0.05, 0.1) is 23.4 Å². The van der Waals surface area contributed by atoms with Crippen LogP contribution < -0.4 is 0 Å². The van der Waals surface area contributed by atoms with E-state index in [1.165, 1.54) is 6.92 Å². The number of cyclic esters (lactones) is 1. The van der Waals surface area contributed by atoms with Crippen LogP contribution in [-0.4, -0.2) is 64.6 Å². The molecule has 2 unspecified atom stereocenters. The monoisotopic (exact) mass is 616 g/mol. The molecule has 0 aromatic carbocycles. The minimum absolute atomic E-state index is 0.0332. The predicted octanol–water partition coefficient (Wildman–Crippen LogP) is 5.57. The molecule has 0 aromatic rings. The van der Waals surface area contributed by atoms with Gasteiger partial charge in [0.2, 0.25) is 0 Å². The van der Waals surface area contributed by atoms with Crippen LogP contribution in [0.2, 0.25) is 0 Å². The minimum atomic E-state index is -0.939. The molecule has 6 aliphatic rings. The van der Waals surface area contributed by atoms with E-state index in [1.54, 1.807) is 6.08 Å². The molecular formula is C36H56O8. The molecule has 1 saturated heterocycles. The SMILES string of the molecule is CC[C@@]12C3C(CC[C@]1(O)C[C@@H](O[C@@H]1O[C@@H](C)[C@H](C)[C@@H](C)[C@H]1OC(C)=O)C[C@H]2C)[C@@]1(O)CC[C@H](C2=CC(=O)OC2)[C@@]1(C)C[C@H]3C. The van der Waals surface area contributed by atoms with Gasteiger partial charge in [0.25, 0.3) is 0 Å². The fourth-order valence-electron chi connectivity index (χ4n) is 12.3. The predicted molar refractivity (Wildman–Crippen MR) is 164 cm³/mol. The van der Waals surface area contributed by atoms with Gasteiger partial charge in [-0.2, -0.15) is 0 Å². The summed E-state index contributed by atoms with van der Waals surface area (Å²) in [6, 6.07) is 0. The summed E-state index contributed by atoms with van der Waals surface area (Å²) in [4.78, 5) is 24.0. The average molecular weight is 617 g/mol. The van der Waals surface area contributed by atoms with Gasteiger partial charge in [0, 0.05) is 36.2 Å². The summed E-state index contributed by atoms with van der Waals surface area (Å²) in [5, 5.41) is 25.6. The van der Waals surface area contributed by atoms with Gasteiger partial charge in [0.1, 0.15) is 6.61 Å². The molecule has 0 amide bonds. The fourth-order valence-corrected chi connectivity index (χ4v) is 12.3. The van der Waals surface area contributed by atoms with Gasteiger partial charge in [0.15, 0.2) is 12.4 Å². The highest BCUT2D eigenvalue weighted by molar-refractivity contribution is 5.85. The Morgan fingerprint density at radius 3 is 2.43 bits per heavy atom. The van der Waals surface area contributed by atoms with Gasteiger partial charge < -0.3 is 29.2 Å². The minimum Gasteiger partial charge on any atom is -0.458 e. The summed E-state index contributed by atoms with van der Waals surface area (Å²) >= 11 is 0. The average Bonchev–Trinajstić information content (AvgIpc) is 3.48. The Bertz CT molecular complexity index is 1180. The molecule has 8 nitrogen and oxygen atoms in total. The molecule has 0 aromatic heterocycles. The van der Waals surface area contributed by atoms with Gasteiger partial charge in [-0.05, 0) is 93.0 Å². The molecule has 44 heavy (non-hydrogen) atoms. The molecule has 0 spiro atoms. The molecular weight excluding hydrogens is 560 g/mol. The molecule has 2 aliphatic heterocycles. The topological polar surface area (TPSA) is 112 Å². The largest absolute Gasteiger partial charge is 0.458 e. The summed E-state index contributed by atoms with van der Waals surface area (Å²) in [5.74, 6) is 0.544. The number of aliphatic hydroxyl groups is 2. The maximum atomic E-state index is 12.8. The van der Waals surface area contributed by atoms with Gasteiger partial charge >= 0.3 is 11.9 Å². The standard InChI is InChI=1S/C36H56O8/c1-9-35-20(3)14-26(44-32-31(43-24(7)37)22(5)21(4)23(6)42-32)17-34(35,39)12-10-28-30(35)19(2)16-33(8)27(11-13-36(28,33)40)25-15-29(38)41-18-25/h15,19-23,26-28,30-32,39-40H,9-14,16-18H2,1-8H3/t19-,20-,21-,22-,23+,26+,27-,28?,30?,31-,32+,33-,34+,35-,36+/m1/s1. The van der Waals surface area contributed by atoms with E-state index in [0.29, 0.717) is 25.4 Å². The van der Waals surface area contributed by atoms with Crippen molar-refractivity contribution >= 4 is 11.9 Å². The number of esters is 2. The smallest absolute Gasteiger partial charge is 0.331 e. The van der Waals surface area contributed by atoms with Crippen LogP contribution in [0.25, 0.3) is 0 Å². The highest BCUT2D eigenvalue weighted by Crippen LogP contribution is 2.73. The number of fused-ring (bicyclic) bond motifs is 5. The number of hydrogen-bond donors (Lipinski definition) is 2. The van der Waals surface area contributed by atoms with E-state index in [-0.39, 0.29) is 70.5 Å².